The second kappa shape index (κ2) is 7.95. The van der Waals surface area contributed by atoms with Gasteiger partial charge in [0.05, 0.1) is 0 Å². The second-order valence-corrected chi connectivity index (χ2v) is 8.81. The summed E-state index contributed by atoms with van der Waals surface area (Å²) in [6.07, 6.45) is 1.10. The molecular formula is C16H18ClNO3S2. The Labute approximate surface area is 145 Å². The number of sulfone groups is 1. The lowest BCUT2D eigenvalue weighted by Crippen LogP contribution is -2.31. The largest absolute Gasteiger partial charge is 0.354 e. The zero-order valence-corrected chi connectivity index (χ0v) is 15.0. The molecule has 23 heavy (non-hydrogen) atoms. The van der Waals surface area contributed by atoms with Crippen molar-refractivity contribution in [1.29, 1.82) is 0 Å². The standard InChI is InChI=1S/C16H18ClNO3S2/c1-2-4-15(19)18-11-14(12-6-8-13(17)9-7-12)23(20,21)16-5-3-10-22-16/h3,5-10,14H,2,4,11H2,1H3,(H,18,19)/t14-/m0/s1. The van der Waals surface area contributed by atoms with Crippen molar-refractivity contribution >= 4 is 38.7 Å². The number of hydrogen-bond acceptors (Lipinski definition) is 4. The minimum Gasteiger partial charge on any atom is -0.354 e. The van der Waals surface area contributed by atoms with E-state index in [9.17, 15) is 13.2 Å². The van der Waals surface area contributed by atoms with Gasteiger partial charge in [0.1, 0.15) is 9.46 Å². The van der Waals surface area contributed by atoms with E-state index < -0.39 is 15.1 Å². The van der Waals surface area contributed by atoms with E-state index in [-0.39, 0.29) is 12.5 Å². The predicted molar refractivity (Wildman–Crippen MR) is 93.6 cm³/mol. The maximum Gasteiger partial charge on any atom is 0.220 e. The van der Waals surface area contributed by atoms with E-state index in [1.807, 2.05) is 6.92 Å². The lowest BCUT2D eigenvalue weighted by Gasteiger charge is -2.18. The zero-order valence-electron chi connectivity index (χ0n) is 12.7. The molecule has 0 aliphatic carbocycles. The monoisotopic (exact) mass is 371 g/mol. The van der Waals surface area contributed by atoms with Crippen LogP contribution in [0.4, 0.5) is 0 Å². The van der Waals surface area contributed by atoms with E-state index in [4.69, 9.17) is 11.6 Å². The van der Waals surface area contributed by atoms with E-state index in [0.29, 0.717) is 21.2 Å². The van der Waals surface area contributed by atoms with Crippen LogP contribution in [0, 0.1) is 0 Å². The smallest absolute Gasteiger partial charge is 0.220 e. The predicted octanol–water partition coefficient (Wildman–Crippen LogP) is 3.83. The Hall–Kier alpha value is -1.37. The van der Waals surface area contributed by atoms with Gasteiger partial charge in [-0.25, -0.2) is 8.42 Å². The molecule has 1 amide bonds. The molecule has 0 aliphatic heterocycles. The Morgan fingerprint density at radius 2 is 1.96 bits per heavy atom. The van der Waals surface area contributed by atoms with Crippen LogP contribution in [0.15, 0.2) is 46.0 Å². The first kappa shape index (κ1) is 18.0. The van der Waals surface area contributed by atoms with Crippen LogP contribution in [-0.2, 0) is 14.6 Å². The molecule has 1 atom stereocenters. The third kappa shape index (κ3) is 4.56. The fraction of sp³-hybridized carbons (Fsp3) is 0.312. The van der Waals surface area contributed by atoms with Crippen LogP contribution in [0.2, 0.25) is 5.02 Å². The highest BCUT2D eigenvalue weighted by atomic mass is 35.5. The van der Waals surface area contributed by atoms with Gasteiger partial charge in [0.15, 0.2) is 9.84 Å². The summed E-state index contributed by atoms with van der Waals surface area (Å²) in [5.74, 6) is -0.146. The van der Waals surface area contributed by atoms with E-state index in [1.165, 1.54) is 11.3 Å². The van der Waals surface area contributed by atoms with Crippen molar-refractivity contribution in [2.24, 2.45) is 0 Å². The topological polar surface area (TPSA) is 63.2 Å². The van der Waals surface area contributed by atoms with Gasteiger partial charge in [-0.3, -0.25) is 4.79 Å². The molecule has 0 spiro atoms. The van der Waals surface area contributed by atoms with Gasteiger partial charge < -0.3 is 5.32 Å². The first-order valence-corrected chi connectivity index (χ1v) is 10.0. The van der Waals surface area contributed by atoms with Crippen LogP contribution in [0.1, 0.15) is 30.6 Å². The fourth-order valence-corrected chi connectivity index (χ4v) is 5.16. The van der Waals surface area contributed by atoms with E-state index in [1.54, 1.807) is 41.8 Å². The maximum absolute atomic E-state index is 12.9. The molecule has 0 bridgehead atoms. The molecule has 2 aromatic rings. The molecule has 7 heteroatoms. The fourth-order valence-electron chi connectivity index (χ4n) is 2.17. The van der Waals surface area contributed by atoms with Crippen LogP contribution >= 0.6 is 22.9 Å². The third-order valence-electron chi connectivity index (χ3n) is 3.35. The Kier molecular flexibility index (Phi) is 6.21. The number of thiophene rings is 1. The van der Waals surface area contributed by atoms with Crippen molar-refractivity contribution in [1.82, 2.24) is 5.32 Å². The van der Waals surface area contributed by atoms with Crippen LogP contribution < -0.4 is 5.32 Å². The average Bonchev–Trinajstić information content (AvgIpc) is 3.04. The lowest BCUT2D eigenvalue weighted by atomic mass is 10.1. The molecule has 0 fully saturated rings. The number of rotatable bonds is 7. The Bertz CT molecular complexity index is 740. The van der Waals surface area contributed by atoms with Crippen molar-refractivity contribution in [3.05, 3.63) is 52.4 Å². The first-order valence-electron chi connectivity index (χ1n) is 7.24. The van der Waals surface area contributed by atoms with Crippen LogP contribution in [0.5, 0.6) is 0 Å². The molecule has 1 aromatic heterocycles. The van der Waals surface area contributed by atoms with Gasteiger partial charge in [0.2, 0.25) is 5.91 Å². The van der Waals surface area contributed by atoms with Crippen molar-refractivity contribution in [3.63, 3.8) is 0 Å². The summed E-state index contributed by atoms with van der Waals surface area (Å²) >= 11 is 7.06. The molecule has 124 valence electrons. The molecule has 0 saturated heterocycles. The number of halogens is 1. The highest BCUT2D eigenvalue weighted by Crippen LogP contribution is 2.31. The number of nitrogens with one attached hydrogen (secondary N) is 1. The van der Waals surface area contributed by atoms with Crippen molar-refractivity contribution in [3.8, 4) is 0 Å². The summed E-state index contributed by atoms with van der Waals surface area (Å²) in [5, 5.41) is 4.15. The molecule has 0 aliphatic rings. The van der Waals surface area contributed by atoms with Crippen LogP contribution in [0.25, 0.3) is 0 Å². The van der Waals surface area contributed by atoms with E-state index in [2.05, 4.69) is 5.32 Å². The molecule has 0 saturated carbocycles. The molecule has 0 unspecified atom stereocenters. The number of hydrogen-bond donors (Lipinski definition) is 1. The minimum atomic E-state index is -3.57. The summed E-state index contributed by atoms with van der Waals surface area (Å²) in [7, 11) is -3.57. The molecule has 1 N–H and O–H groups in total. The normalized spacial score (nSPS) is 12.8. The van der Waals surface area contributed by atoms with Gasteiger partial charge in [-0.05, 0) is 35.6 Å². The molecule has 2 rings (SSSR count). The van der Waals surface area contributed by atoms with E-state index >= 15 is 0 Å². The highest BCUT2D eigenvalue weighted by molar-refractivity contribution is 7.93. The molecular weight excluding hydrogens is 354 g/mol. The molecule has 1 aromatic carbocycles. The van der Waals surface area contributed by atoms with Crippen molar-refractivity contribution in [2.45, 2.75) is 29.2 Å². The summed E-state index contributed by atoms with van der Waals surface area (Å²) in [4.78, 5) is 11.7. The maximum atomic E-state index is 12.9. The SMILES string of the molecule is CCCC(=O)NC[C@@H](c1ccc(Cl)cc1)S(=O)(=O)c1cccs1. The minimum absolute atomic E-state index is 0.0424. The van der Waals surface area contributed by atoms with Crippen LogP contribution in [-0.4, -0.2) is 20.9 Å². The number of carbonyl (C=O) groups is 1. The summed E-state index contributed by atoms with van der Waals surface area (Å²) in [5.41, 5.74) is 0.611. The van der Waals surface area contributed by atoms with Gasteiger partial charge in [-0.15, -0.1) is 11.3 Å². The first-order chi connectivity index (χ1) is 10.9. The average molecular weight is 372 g/mol. The summed E-state index contributed by atoms with van der Waals surface area (Å²) in [6.45, 7) is 1.94. The Morgan fingerprint density at radius 1 is 1.26 bits per heavy atom. The van der Waals surface area contributed by atoms with Gasteiger partial charge >= 0.3 is 0 Å². The van der Waals surface area contributed by atoms with E-state index in [0.717, 1.165) is 6.42 Å². The summed E-state index contributed by atoms with van der Waals surface area (Å²) in [6, 6.07) is 9.96. The quantitative estimate of drug-likeness (QED) is 0.804. The zero-order chi connectivity index (χ0) is 16.9. The Morgan fingerprint density at radius 3 is 2.52 bits per heavy atom. The lowest BCUT2D eigenvalue weighted by molar-refractivity contribution is -0.121. The molecule has 4 nitrogen and oxygen atoms in total. The third-order valence-corrected chi connectivity index (χ3v) is 7.14. The molecule has 0 radical (unpaired) electrons. The van der Waals surface area contributed by atoms with Gasteiger partial charge in [0, 0.05) is 18.0 Å². The highest BCUT2D eigenvalue weighted by Gasteiger charge is 2.30. The molecule has 1 heterocycles. The van der Waals surface area contributed by atoms with Gasteiger partial charge in [-0.2, -0.15) is 0 Å². The number of benzene rings is 1. The second-order valence-electron chi connectivity index (χ2n) is 5.07. The van der Waals surface area contributed by atoms with Crippen molar-refractivity contribution < 1.29 is 13.2 Å². The van der Waals surface area contributed by atoms with Gasteiger partial charge in [0.25, 0.3) is 0 Å². The van der Waals surface area contributed by atoms with Gasteiger partial charge in [-0.1, -0.05) is 36.7 Å². The Balaban J connectivity index is 2.31. The number of carbonyl (C=O) groups excluding carboxylic acids is 1. The summed E-state index contributed by atoms with van der Waals surface area (Å²) < 4.78 is 26.0. The van der Waals surface area contributed by atoms with Crippen molar-refractivity contribution in [2.75, 3.05) is 6.54 Å². The number of amides is 1. The van der Waals surface area contributed by atoms with Crippen LogP contribution in [0.3, 0.4) is 0 Å².